The molecule has 0 radical (unpaired) electrons. The van der Waals surface area contributed by atoms with E-state index < -0.39 is 0 Å². The summed E-state index contributed by atoms with van der Waals surface area (Å²) >= 11 is 0. The topological polar surface area (TPSA) is 41.6 Å². The molecule has 0 bridgehead atoms. The van der Waals surface area contributed by atoms with Gasteiger partial charge >= 0.3 is 0 Å². The van der Waals surface area contributed by atoms with Gasteiger partial charge in [-0.25, -0.2) is 0 Å². The summed E-state index contributed by atoms with van der Waals surface area (Å²) in [5.41, 5.74) is 4.37. The Morgan fingerprint density at radius 1 is 1.19 bits per heavy atom. The van der Waals surface area contributed by atoms with Crippen molar-refractivity contribution in [1.29, 1.82) is 0 Å². The van der Waals surface area contributed by atoms with Gasteiger partial charge < -0.3 is 0 Å². The van der Waals surface area contributed by atoms with Crippen LogP contribution in [-0.4, -0.2) is 15.2 Å². The van der Waals surface area contributed by atoms with Crippen molar-refractivity contribution in [2.45, 2.75) is 6.92 Å². The molecule has 3 heteroatoms. The first-order valence-electron chi connectivity index (χ1n) is 5.20. The fourth-order valence-electron chi connectivity index (χ4n) is 1.87. The Kier molecular flexibility index (Phi) is 1.96. The predicted octanol–water partition coefficient (Wildman–Crippen LogP) is 2.93. The summed E-state index contributed by atoms with van der Waals surface area (Å²) in [6, 6.07) is 10.2. The third kappa shape index (κ3) is 1.37. The van der Waals surface area contributed by atoms with Gasteiger partial charge in [0.1, 0.15) is 0 Å². The van der Waals surface area contributed by atoms with E-state index in [2.05, 4.69) is 34.2 Å². The quantitative estimate of drug-likeness (QED) is 0.669. The van der Waals surface area contributed by atoms with Crippen molar-refractivity contribution < 1.29 is 0 Å². The van der Waals surface area contributed by atoms with E-state index in [1.807, 2.05) is 30.6 Å². The Hall–Kier alpha value is -2.16. The molecule has 0 spiro atoms. The fraction of sp³-hybridized carbons (Fsp3) is 0.0769. The number of aryl methyl sites for hydroxylation is 1. The molecule has 0 saturated heterocycles. The fourth-order valence-corrected chi connectivity index (χ4v) is 1.87. The number of rotatable bonds is 1. The molecule has 3 aromatic rings. The van der Waals surface area contributed by atoms with E-state index in [0.29, 0.717) is 0 Å². The lowest BCUT2D eigenvalue weighted by Gasteiger charge is -2.02. The van der Waals surface area contributed by atoms with E-state index in [9.17, 15) is 0 Å². The maximum Gasteiger partial charge on any atom is 0.0711 e. The third-order valence-corrected chi connectivity index (χ3v) is 2.68. The monoisotopic (exact) mass is 209 g/mol. The molecule has 3 nitrogen and oxygen atoms in total. The first-order chi connectivity index (χ1) is 7.84. The molecule has 0 atom stereocenters. The van der Waals surface area contributed by atoms with Crippen molar-refractivity contribution in [2.75, 3.05) is 0 Å². The molecule has 0 amide bonds. The Labute approximate surface area is 93.2 Å². The van der Waals surface area contributed by atoms with E-state index in [1.165, 1.54) is 5.56 Å². The number of nitrogens with zero attached hydrogens (tertiary/aromatic N) is 2. The molecule has 1 aromatic carbocycles. The number of H-pyrrole nitrogens is 1. The Bertz CT molecular complexity index is 640. The number of hydrogen-bond donors (Lipinski definition) is 1. The Morgan fingerprint density at radius 3 is 3.00 bits per heavy atom. The van der Waals surface area contributed by atoms with Gasteiger partial charge in [-0.1, -0.05) is 12.1 Å². The second kappa shape index (κ2) is 3.45. The summed E-state index contributed by atoms with van der Waals surface area (Å²) in [6.45, 7) is 2.07. The number of aromatic nitrogens is 3. The van der Waals surface area contributed by atoms with Gasteiger partial charge in [0, 0.05) is 17.1 Å². The van der Waals surface area contributed by atoms with Gasteiger partial charge in [0.2, 0.25) is 0 Å². The van der Waals surface area contributed by atoms with Gasteiger partial charge in [0.25, 0.3) is 0 Å². The van der Waals surface area contributed by atoms with Crippen molar-refractivity contribution in [2.24, 2.45) is 0 Å². The largest absolute Gasteiger partial charge is 0.278 e. The summed E-state index contributed by atoms with van der Waals surface area (Å²) in [4.78, 5) is 4.40. The van der Waals surface area contributed by atoms with Gasteiger partial charge in [0.05, 0.1) is 17.4 Å². The normalized spacial score (nSPS) is 10.8. The van der Waals surface area contributed by atoms with Crippen LogP contribution in [0.4, 0.5) is 0 Å². The maximum absolute atomic E-state index is 4.40. The van der Waals surface area contributed by atoms with Gasteiger partial charge in [-0.15, -0.1) is 0 Å². The molecular formula is C13H11N3. The Balaban J connectivity index is 2.29. The summed E-state index contributed by atoms with van der Waals surface area (Å²) in [7, 11) is 0. The summed E-state index contributed by atoms with van der Waals surface area (Å²) in [5.74, 6) is 0. The van der Waals surface area contributed by atoms with E-state index in [-0.39, 0.29) is 0 Å². The van der Waals surface area contributed by atoms with Gasteiger partial charge in [-0.3, -0.25) is 10.1 Å². The van der Waals surface area contributed by atoms with Crippen LogP contribution < -0.4 is 0 Å². The molecule has 0 aliphatic rings. The van der Waals surface area contributed by atoms with Crippen LogP contribution >= 0.6 is 0 Å². The molecule has 0 aliphatic heterocycles. The smallest absolute Gasteiger partial charge is 0.0711 e. The summed E-state index contributed by atoms with van der Waals surface area (Å²) in [6.07, 6.45) is 3.68. The number of pyridine rings is 1. The van der Waals surface area contributed by atoms with Crippen molar-refractivity contribution >= 4 is 10.9 Å². The molecule has 2 heterocycles. The first kappa shape index (κ1) is 9.09. The highest BCUT2D eigenvalue weighted by Crippen LogP contribution is 2.25. The molecule has 1 N–H and O–H groups in total. The van der Waals surface area contributed by atoms with Crippen molar-refractivity contribution in [3.05, 3.63) is 48.3 Å². The van der Waals surface area contributed by atoms with Crippen LogP contribution in [0.5, 0.6) is 0 Å². The van der Waals surface area contributed by atoms with Crippen LogP contribution in [0.3, 0.4) is 0 Å². The lowest BCUT2D eigenvalue weighted by Crippen LogP contribution is -1.84. The molecule has 0 aliphatic carbocycles. The van der Waals surface area contributed by atoms with E-state index in [1.54, 1.807) is 0 Å². The van der Waals surface area contributed by atoms with Gasteiger partial charge in [0.15, 0.2) is 0 Å². The van der Waals surface area contributed by atoms with Crippen LogP contribution in [0.15, 0.2) is 42.7 Å². The molecule has 0 fully saturated rings. The van der Waals surface area contributed by atoms with Crippen molar-refractivity contribution in [1.82, 2.24) is 15.2 Å². The van der Waals surface area contributed by atoms with Crippen LogP contribution in [-0.2, 0) is 0 Å². The van der Waals surface area contributed by atoms with E-state index in [4.69, 9.17) is 0 Å². The Morgan fingerprint density at radius 2 is 2.12 bits per heavy atom. The number of hydrogen-bond acceptors (Lipinski definition) is 2. The summed E-state index contributed by atoms with van der Waals surface area (Å²) < 4.78 is 0. The minimum absolute atomic E-state index is 0.993. The van der Waals surface area contributed by atoms with E-state index in [0.717, 1.165) is 22.2 Å². The molecule has 0 unspecified atom stereocenters. The average Bonchev–Trinajstić information content (AvgIpc) is 2.76. The number of benzene rings is 1. The van der Waals surface area contributed by atoms with Crippen molar-refractivity contribution in [3.8, 4) is 11.3 Å². The minimum Gasteiger partial charge on any atom is -0.278 e. The number of fused-ring (bicyclic) bond motifs is 1. The van der Waals surface area contributed by atoms with Gasteiger partial charge in [-0.05, 0) is 30.7 Å². The first-order valence-corrected chi connectivity index (χ1v) is 5.20. The van der Waals surface area contributed by atoms with Crippen LogP contribution in [0.25, 0.3) is 22.2 Å². The summed E-state index contributed by atoms with van der Waals surface area (Å²) in [5, 5.41) is 8.14. The van der Waals surface area contributed by atoms with Crippen LogP contribution in [0, 0.1) is 6.92 Å². The van der Waals surface area contributed by atoms with Crippen LogP contribution in [0.1, 0.15) is 5.56 Å². The number of aromatic amines is 1. The van der Waals surface area contributed by atoms with Crippen LogP contribution in [0.2, 0.25) is 0 Å². The second-order valence-electron chi connectivity index (χ2n) is 3.86. The maximum atomic E-state index is 4.40. The highest BCUT2D eigenvalue weighted by Gasteiger charge is 2.05. The third-order valence-electron chi connectivity index (χ3n) is 2.68. The highest BCUT2D eigenvalue weighted by atomic mass is 15.1. The molecule has 78 valence electrons. The van der Waals surface area contributed by atoms with E-state index >= 15 is 0 Å². The predicted molar refractivity (Wildman–Crippen MR) is 64.1 cm³/mol. The lowest BCUT2D eigenvalue weighted by atomic mass is 10.1. The molecule has 3 rings (SSSR count). The highest BCUT2D eigenvalue weighted by molar-refractivity contribution is 5.93. The standard InChI is InChI=1S/C13H11N3/c1-9-5-6-14-13(7-9)10-3-2-4-12-11(10)8-15-16-12/h2-8H,1H3,(H,15,16). The molecule has 2 aromatic heterocycles. The zero-order valence-corrected chi connectivity index (χ0v) is 8.94. The molecular weight excluding hydrogens is 198 g/mol. The van der Waals surface area contributed by atoms with Gasteiger partial charge in [-0.2, -0.15) is 5.10 Å². The molecule has 16 heavy (non-hydrogen) atoms. The minimum atomic E-state index is 0.993. The molecule has 0 saturated carbocycles. The second-order valence-corrected chi connectivity index (χ2v) is 3.86. The average molecular weight is 209 g/mol. The lowest BCUT2D eigenvalue weighted by molar-refractivity contribution is 1.12. The zero-order chi connectivity index (χ0) is 11.0. The SMILES string of the molecule is Cc1ccnc(-c2cccc3[nH]ncc23)c1. The zero-order valence-electron chi connectivity index (χ0n) is 8.94. The van der Waals surface area contributed by atoms with Crippen molar-refractivity contribution in [3.63, 3.8) is 0 Å². The number of nitrogens with one attached hydrogen (secondary N) is 1.